The van der Waals surface area contributed by atoms with Gasteiger partial charge in [0, 0.05) is 29.5 Å². The molecule has 0 saturated carbocycles. The van der Waals surface area contributed by atoms with E-state index in [9.17, 15) is 9.59 Å². The smallest absolute Gasteiger partial charge is 0.348 e. The van der Waals surface area contributed by atoms with E-state index in [2.05, 4.69) is 15.9 Å². The highest BCUT2D eigenvalue weighted by Crippen LogP contribution is 2.30. The van der Waals surface area contributed by atoms with Crippen LogP contribution < -0.4 is 0 Å². The van der Waals surface area contributed by atoms with Crippen LogP contribution in [0.5, 0.6) is 0 Å². The molecule has 0 atom stereocenters. The van der Waals surface area contributed by atoms with Gasteiger partial charge >= 0.3 is 11.9 Å². The zero-order valence-corrected chi connectivity index (χ0v) is 16.2. The lowest BCUT2D eigenvalue weighted by molar-refractivity contribution is -0.230. The summed E-state index contributed by atoms with van der Waals surface area (Å²) in [6, 6.07) is 11.1. The van der Waals surface area contributed by atoms with E-state index in [1.54, 1.807) is 19.1 Å². The van der Waals surface area contributed by atoms with E-state index >= 15 is 0 Å². The van der Waals surface area contributed by atoms with Gasteiger partial charge in [-0.05, 0) is 30.7 Å². The van der Waals surface area contributed by atoms with Crippen molar-refractivity contribution in [2.24, 2.45) is 0 Å². The molecule has 2 heterocycles. The summed E-state index contributed by atoms with van der Waals surface area (Å²) in [7, 11) is 0. The SMILES string of the molecule is CCCCC1(C)OC(=O)C(=Cc2ccc(-c3cccc(Br)c3)o2)C(=O)O1. The number of furan rings is 1. The van der Waals surface area contributed by atoms with Gasteiger partial charge in [0.25, 0.3) is 5.79 Å². The molecule has 2 aromatic rings. The number of rotatable bonds is 5. The van der Waals surface area contributed by atoms with Gasteiger partial charge in [0.15, 0.2) is 0 Å². The van der Waals surface area contributed by atoms with Crippen molar-refractivity contribution in [1.29, 1.82) is 0 Å². The van der Waals surface area contributed by atoms with Crippen LogP contribution >= 0.6 is 15.9 Å². The van der Waals surface area contributed by atoms with Crippen molar-refractivity contribution < 1.29 is 23.5 Å². The molecular formula is C20H19BrO5. The quantitative estimate of drug-likeness (QED) is 0.383. The summed E-state index contributed by atoms with van der Waals surface area (Å²) in [5.41, 5.74) is 0.707. The molecule has 1 aromatic heterocycles. The lowest BCUT2D eigenvalue weighted by Crippen LogP contribution is -2.44. The van der Waals surface area contributed by atoms with Crippen molar-refractivity contribution in [2.45, 2.75) is 38.9 Å². The predicted molar refractivity (Wildman–Crippen MR) is 99.9 cm³/mol. The van der Waals surface area contributed by atoms with E-state index in [1.807, 2.05) is 31.2 Å². The van der Waals surface area contributed by atoms with Gasteiger partial charge in [-0.1, -0.05) is 41.4 Å². The molecule has 0 radical (unpaired) electrons. The second kappa shape index (κ2) is 7.50. The van der Waals surface area contributed by atoms with Crippen LogP contribution in [0.15, 0.2) is 50.9 Å². The van der Waals surface area contributed by atoms with Crippen LogP contribution in [0.25, 0.3) is 17.4 Å². The fourth-order valence-corrected chi connectivity index (χ4v) is 3.09. The zero-order valence-electron chi connectivity index (χ0n) is 14.6. The average molecular weight is 419 g/mol. The fraction of sp³-hybridized carbons (Fsp3) is 0.300. The normalized spacial score (nSPS) is 19.9. The standard InChI is InChI=1S/C20H19BrO5/c1-3-4-10-20(2)25-18(22)16(19(23)26-20)12-15-8-9-17(24-15)13-6-5-7-14(21)11-13/h5-9,11-12H,3-4,10H2,1-2H3. The molecule has 0 spiro atoms. The molecule has 1 fully saturated rings. The maximum absolute atomic E-state index is 12.3. The zero-order chi connectivity index (χ0) is 18.7. The lowest BCUT2D eigenvalue weighted by Gasteiger charge is -2.33. The average Bonchev–Trinajstić information content (AvgIpc) is 3.05. The third-order valence-corrected chi connectivity index (χ3v) is 4.56. The van der Waals surface area contributed by atoms with Crippen LogP contribution in [0, 0.1) is 0 Å². The van der Waals surface area contributed by atoms with Crippen molar-refractivity contribution in [3.05, 3.63) is 52.2 Å². The molecule has 0 N–H and O–H groups in total. The molecule has 0 unspecified atom stereocenters. The summed E-state index contributed by atoms with van der Waals surface area (Å²) >= 11 is 3.41. The Morgan fingerprint density at radius 3 is 2.50 bits per heavy atom. The van der Waals surface area contributed by atoms with Crippen molar-refractivity contribution in [3.8, 4) is 11.3 Å². The minimum atomic E-state index is -1.20. The number of hydrogen-bond donors (Lipinski definition) is 0. The van der Waals surface area contributed by atoms with Gasteiger partial charge in [-0.2, -0.15) is 0 Å². The van der Waals surface area contributed by atoms with Gasteiger partial charge in [0.1, 0.15) is 17.1 Å². The van der Waals surface area contributed by atoms with Gasteiger partial charge in [0.05, 0.1) is 0 Å². The number of ether oxygens (including phenoxy) is 2. The number of halogens is 1. The summed E-state index contributed by atoms with van der Waals surface area (Å²) < 4.78 is 17.3. The van der Waals surface area contributed by atoms with E-state index in [-0.39, 0.29) is 5.57 Å². The topological polar surface area (TPSA) is 65.7 Å². The monoisotopic (exact) mass is 418 g/mol. The summed E-state index contributed by atoms with van der Waals surface area (Å²) in [5.74, 6) is -1.59. The largest absolute Gasteiger partial charge is 0.457 e. The first kappa shape index (κ1) is 18.5. The molecule has 6 heteroatoms. The molecule has 136 valence electrons. The van der Waals surface area contributed by atoms with Gasteiger partial charge < -0.3 is 13.9 Å². The van der Waals surface area contributed by atoms with Crippen LogP contribution in [0.2, 0.25) is 0 Å². The van der Waals surface area contributed by atoms with E-state index in [0.29, 0.717) is 17.9 Å². The minimum Gasteiger partial charge on any atom is -0.457 e. The molecule has 0 amide bonds. The summed E-state index contributed by atoms with van der Waals surface area (Å²) in [5, 5.41) is 0. The molecule has 3 rings (SSSR count). The maximum Gasteiger partial charge on any atom is 0.348 e. The fourth-order valence-electron chi connectivity index (χ4n) is 2.69. The second-order valence-corrected chi connectivity index (χ2v) is 7.20. The number of cyclic esters (lactones) is 2. The molecule has 1 saturated heterocycles. The van der Waals surface area contributed by atoms with Gasteiger partial charge in [-0.25, -0.2) is 9.59 Å². The number of hydrogen-bond acceptors (Lipinski definition) is 5. The minimum absolute atomic E-state index is 0.172. The van der Waals surface area contributed by atoms with Crippen molar-refractivity contribution in [2.75, 3.05) is 0 Å². The second-order valence-electron chi connectivity index (χ2n) is 6.29. The van der Waals surface area contributed by atoms with Crippen molar-refractivity contribution in [1.82, 2.24) is 0 Å². The predicted octanol–water partition coefficient (Wildman–Crippen LogP) is 5.10. The number of benzene rings is 1. The molecule has 1 aromatic carbocycles. The van der Waals surface area contributed by atoms with Crippen LogP contribution in [0.1, 0.15) is 38.9 Å². The van der Waals surface area contributed by atoms with E-state index in [0.717, 1.165) is 22.9 Å². The number of carbonyl (C=O) groups is 2. The molecule has 0 bridgehead atoms. The highest BCUT2D eigenvalue weighted by atomic mass is 79.9. The highest BCUT2D eigenvalue weighted by molar-refractivity contribution is 9.10. The first-order valence-corrected chi connectivity index (χ1v) is 9.24. The van der Waals surface area contributed by atoms with E-state index < -0.39 is 17.7 Å². The Bertz CT molecular complexity index is 845. The van der Waals surface area contributed by atoms with Gasteiger partial charge in [0.2, 0.25) is 0 Å². The highest BCUT2D eigenvalue weighted by Gasteiger charge is 2.42. The van der Waals surface area contributed by atoms with E-state index in [4.69, 9.17) is 13.9 Å². The molecular weight excluding hydrogens is 400 g/mol. The third kappa shape index (κ3) is 4.07. The number of carbonyl (C=O) groups excluding carboxylic acids is 2. The Labute approximate surface area is 160 Å². The summed E-state index contributed by atoms with van der Waals surface area (Å²) in [6.07, 6.45) is 3.54. The van der Waals surface area contributed by atoms with Crippen molar-refractivity contribution >= 4 is 33.9 Å². The van der Waals surface area contributed by atoms with Crippen LogP contribution in [-0.2, 0) is 19.1 Å². The molecule has 1 aliphatic rings. The summed E-state index contributed by atoms with van der Waals surface area (Å²) in [6.45, 7) is 3.62. The summed E-state index contributed by atoms with van der Waals surface area (Å²) in [4.78, 5) is 24.5. The van der Waals surface area contributed by atoms with Crippen molar-refractivity contribution in [3.63, 3.8) is 0 Å². The van der Waals surface area contributed by atoms with Crippen LogP contribution in [0.3, 0.4) is 0 Å². The maximum atomic E-state index is 12.3. The Morgan fingerprint density at radius 1 is 1.12 bits per heavy atom. The van der Waals surface area contributed by atoms with Crippen LogP contribution in [-0.4, -0.2) is 17.7 Å². The Morgan fingerprint density at radius 2 is 1.85 bits per heavy atom. The van der Waals surface area contributed by atoms with E-state index in [1.165, 1.54) is 6.08 Å². The Balaban J connectivity index is 1.80. The Kier molecular flexibility index (Phi) is 5.32. The number of unbranched alkanes of at least 4 members (excludes halogenated alkanes) is 1. The molecule has 26 heavy (non-hydrogen) atoms. The Hall–Kier alpha value is -2.34. The lowest BCUT2D eigenvalue weighted by atomic mass is 10.1. The molecule has 0 aliphatic carbocycles. The van der Waals surface area contributed by atoms with Crippen LogP contribution in [0.4, 0.5) is 0 Å². The first-order chi connectivity index (χ1) is 12.4. The van der Waals surface area contributed by atoms with Gasteiger partial charge in [-0.3, -0.25) is 0 Å². The number of esters is 2. The third-order valence-electron chi connectivity index (χ3n) is 4.06. The molecule has 1 aliphatic heterocycles. The first-order valence-electron chi connectivity index (χ1n) is 8.44. The molecule has 5 nitrogen and oxygen atoms in total. The van der Waals surface area contributed by atoms with Gasteiger partial charge in [-0.15, -0.1) is 0 Å².